The fourth-order valence-corrected chi connectivity index (χ4v) is 5.32. The molecule has 0 radical (unpaired) electrons. The summed E-state index contributed by atoms with van der Waals surface area (Å²) >= 11 is 5.18. The summed E-state index contributed by atoms with van der Waals surface area (Å²) < 4.78 is 14.7. The van der Waals surface area contributed by atoms with E-state index in [1.165, 1.54) is 5.56 Å². The summed E-state index contributed by atoms with van der Waals surface area (Å²) in [5, 5.41) is 8.70. The van der Waals surface area contributed by atoms with Crippen molar-refractivity contribution < 1.29 is 14.3 Å². The van der Waals surface area contributed by atoms with Crippen LogP contribution in [0.5, 0.6) is 5.75 Å². The number of thioether (sulfide) groups is 1. The van der Waals surface area contributed by atoms with Gasteiger partial charge in [-0.1, -0.05) is 93.0 Å². The van der Waals surface area contributed by atoms with Gasteiger partial charge in [-0.3, -0.25) is 0 Å². The van der Waals surface area contributed by atoms with Gasteiger partial charge in [0.05, 0.1) is 12.2 Å². The maximum atomic E-state index is 13.5. The molecule has 2 aromatic carbocycles. The maximum Gasteiger partial charge on any atom is 0.338 e. The number of benzene rings is 2. The summed E-state index contributed by atoms with van der Waals surface area (Å²) in [5.41, 5.74) is 4.42. The molecule has 0 bridgehead atoms. The molecule has 0 saturated carbocycles. The van der Waals surface area contributed by atoms with Crippen LogP contribution in [0.1, 0.15) is 77.1 Å². The number of hydrogen-bond donors (Lipinski definition) is 1. The number of allylic oxidation sites excluding steroid dienone is 1. The third-order valence-corrected chi connectivity index (χ3v) is 7.75. The van der Waals surface area contributed by atoms with Crippen molar-refractivity contribution in [3.8, 4) is 5.75 Å². The van der Waals surface area contributed by atoms with Crippen LogP contribution >= 0.6 is 27.7 Å². The van der Waals surface area contributed by atoms with E-state index in [1.807, 2.05) is 25.1 Å². The highest BCUT2D eigenvalue weighted by Gasteiger charge is 2.37. The number of rotatable bonds is 10. The molecule has 0 saturated heterocycles. The lowest BCUT2D eigenvalue weighted by atomic mass is 9.87. The number of unbranched alkanes of at least 4 members (excludes halogenated alkanes) is 1. The first-order valence-corrected chi connectivity index (χ1v) is 15.2. The Bertz CT molecular complexity index is 1350. The number of nitrogens with one attached hydrogen (secondary N) is 1. The molecule has 3 aromatic rings. The molecule has 0 aliphatic carbocycles. The highest BCUT2D eigenvalue weighted by Crippen LogP contribution is 2.41. The monoisotopic (exact) mass is 612 g/mol. The molecule has 208 valence electrons. The fraction of sp³-hybridized carbons (Fsp3) is 0.433. The average Bonchev–Trinajstić information content (AvgIpc) is 3.29. The Hall–Kier alpha value is -2.78. The number of carbonyl (C=O) groups excluding carboxylic acids is 1. The smallest absolute Gasteiger partial charge is 0.338 e. The molecule has 9 heteroatoms. The zero-order chi connectivity index (χ0) is 28.2. The Kier molecular flexibility index (Phi) is 9.43. The van der Waals surface area contributed by atoms with E-state index in [-0.39, 0.29) is 11.4 Å². The van der Waals surface area contributed by atoms with Gasteiger partial charge in [0.2, 0.25) is 11.1 Å². The van der Waals surface area contributed by atoms with Crippen LogP contribution in [0.15, 0.2) is 63.4 Å². The van der Waals surface area contributed by atoms with Crippen molar-refractivity contribution in [3.05, 3.63) is 74.9 Å². The van der Waals surface area contributed by atoms with Crippen LogP contribution in [0.3, 0.4) is 0 Å². The number of anilines is 1. The quantitative estimate of drug-likeness (QED) is 0.143. The lowest BCUT2D eigenvalue weighted by molar-refractivity contribution is -0.139. The number of carbonyl (C=O) groups is 1. The van der Waals surface area contributed by atoms with Crippen LogP contribution < -0.4 is 10.1 Å². The Morgan fingerprint density at radius 1 is 1.15 bits per heavy atom. The van der Waals surface area contributed by atoms with Gasteiger partial charge in [-0.25, -0.2) is 9.48 Å². The first-order chi connectivity index (χ1) is 18.6. The standard InChI is InChI=1S/C30H37BrN4O3S/c1-7-9-16-37-27(36)25-19(3)32-28-33-29(39-8-2)34-35(28)26(25)23-17-22(31)14-15-24(23)38-18-20-10-12-21(13-11-20)30(4,5)6/h10-15,17,26H,7-9,16,18H2,1-6H3,(H,32,33,34). The number of esters is 1. The van der Waals surface area contributed by atoms with Crippen molar-refractivity contribution in [1.82, 2.24) is 14.8 Å². The second kappa shape index (κ2) is 12.6. The zero-order valence-corrected chi connectivity index (χ0v) is 25.9. The number of hydrogen-bond acceptors (Lipinski definition) is 7. The number of fused-ring (bicyclic) bond motifs is 1. The minimum Gasteiger partial charge on any atom is -0.489 e. The van der Waals surface area contributed by atoms with E-state index < -0.39 is 6.04 Å². The molecule has 7 nitrogen and oxygen atoms in total. The van der Waals surface area contributed by atoms with Crippen molar-refractivity contribution in [2.45, 2.75) is 77.6 Å². The average molecular weight is 614 g/mol. The van der Waals surface area contributed by atoms with Crippen LogP contribution in [0.2, 0.25) is 0 Å². The molecule has 0 fully saturated rings. The molecule has 1 aliphatic rings. The van der Waals surface area contributed by atoms with Crippen LogP contribution in [0, 0.1) is 0 Å². The van der Waals surface area contributed by atoms with Gasteiger partial charge in [0.25, 0.3) is 0 Å². The molecule has 1 atom stereocenters. The first kappa shape index (κ1) is 29.2. The van der Waals surface area contributed by atoms with Gasteiger partial charge in [-0.15, -0.1) is 5.10 Å². The van der Waals surface area contributed by atoms with Crippen LogP contribution in [0.25, 0.3) is 0 Å². The Labute approximate surface area is 243 Å². The van der Waals surface area contributed by atoms with E-state index in [1.54, 1.807) is 16.4 Å². The SMILES string of the molecule is CCCCOC(=O)C1=C(C)Nc2nc(SCC)nn2C1c1cc(Br)ccc1OCc1ccc(C(C)(C)C)cc1. The van der Waals surface area contributed by atoms with E-state index in [2.05, 4.69) is 85.1 Å². The van der Waals surface area contributed by atoms with Crippen LogP contribution in [-0.4, -0.2) is 33.1 Å². The second-order valence-electron chi connectivity index (χ2n) is 10.6. The van der Waals surface area contributed by atoms with E-state index in [4.69, 9.17) is 14.6 Å². The summed E-state index contributed by atoms with van der Waals surface area (Å²) in [4.78, 5) is 18.1. The molecule has 2 heterocycles. The largest absolute Gasteiger partial charge is 0.489 e. The van der Waals surface area contributed by atoms with Crippen molar-refractivity contribution >= 4 is 39.6 Å². The molecule has 4 rings (SSSR count). The van der Waals surface area contributed by atoms with Gasteiger partial charge in [0.15, 0.2) is 0 Å². The van der Waals surface area contributed by atoms with Gasteiger partial charge >= 0.3 is 5.97 Å². The summed E-state index contributed by atoms with van der Waals surface area (Å²) in [6, 6.07) is 13.8. The van der Waals surface area contributed by atoms with E-state index in [9.17, 15) is 4.79 Å². The van der Waals surface area contributed by atoms with Crippen molar-refractivity contribution in [3.63, 3.8) is 0 Å². The summed E-state index contributed by atoms with van der Waals surface area (Å²) in [7, 11) is 0. The van der Waals surface area contributed by atoms with E-state index >= 15 is 0 Å². The molecule has 0 amide bonds. The first-order valence-electron chi connectivity index (χ1n) is 13.4. The van der Waals surface area contributed by atoms with Gasteiger partial charge in [-0.05, 0) is 53.8 Å². The predicted molar refractivity (Wildman–Crippen MR) is 160 cm³/mol. The normalized spacial score (nSPS) is 15.1. The van der Waals surface area contributed by atoms with Gasteiger partial charge in [-0.2, -0.15) is 4.98 Å². The Balaban J connectivity index is 1.72. The van der Waals surface area contributed by atoms with E-state index in [0.29, 0.717) is 41.3 Å². The molecule has 1 N–H and O–H groups in total. The van der Waals surface area contributed by atoms with Gasteiger partial charge in [0.1, 0.15) is 18.4 Å². The second-order valence-corrected chi connectivity index (χ2v) is 12.7. The van der Waals surface area contributed by atoms with Crippen LogP contribution in [0.4, 0.5) is 5.95 Å². The topological polar surface area (TPSA) is 78.3 Å². The summed E-state index contributed by atoms with van der Waals surface area (Å²) in [6.07, 6.45) is 1.75. The molecular weight excluding hydrogens is 576 g/mol. The number of halogens is 1. The van der Waals surface area contributed by atoms with Gasteiger partial charge < -0.3 is 14.8 Å². The predicted octanol–water partition coefficient (Wildman–Crippen LogP) is 7.66. The highest BCUT2D eigenvalue weighted by molar-refractivity contribution is 9.10. The minimum atomic E-state index is -0.565. The van der Waals surface area contributed by atoms with Crippen molar-refractivity contribution in [2.24, 2.45) is 0 Å². The van der Waals surface area contributed by atoms with Crippen LogP contribution in [-0.2, 0) is 21.6 Å². The third-order valence-electron chi connectivity index (χ3n) is 6.54. The maximum absolute atomic E-state index is 13.5. The molecule has 1 unspecified atom stereocenters. The summed E-state index contributed by atoms with van der Waals surface area (Å²) in [5.74, 6) is 1.73. The third kappa shape index (κ3) is 6.87. The molecule has 1 aliphatic heterocycles. The highest BCUT2D eigenvalue weighted by atomic mass is 79.9. The number of ether oxygens (including phenoxy) is 2. The summed E-state index contributed by atoms with van der Waals surface area (Å²) in [6.45, 7) is 13.4. The number of nitrogens with zero attached hydrogens (tertiary/aromatic N) is 3. The Morgan fingerprint density at radius 2 is 1.90 bits per heavy atom. The fourth-order valence-electron chi connectivity index (χ4n) is 4.39. The lowest BCUT2D eigenvalue weighted by Gasteiger charge is -2.29. The van der Waals surface area contributed by atoms with Crippen molar-refractivity contribution in [1.29, 1.82) is 0 Å². The molecule has 0 spiro atoms. The number of aromatic nitrogens is 3. The lowest BCUT2D eigenvalue weighted by Crippen LogP contribution is -2.30. The molecule has 1 aromatic heterocycles. The van der Waals surface area contributed by atoms with Gasteiger partial charge in [0, 0.05) is 15.7 Å². The molecular formula is C30H37BrN4O3S. The zero-order valence-electron chi connectivity index (χ0n) is 23.5. The van der Waals surface area contributed by atoms with E-state index in [0.717, 1.165) is 34.2 Å². The van der Waals surface area contributed by atoms with Crippen molar-refractivity contribution in [2.75, 3.05) is 17.7 Å². The molecule has 39 heavy (non-hydrogen) atoms. The minimum absolute atomic E-state index is 0.0873. The Morgan fingerprint density at radius 3 is 2.56 bits per heavy atom.